The highest BCUT2D eigenvalue weighted by Gasteiger charge is 2.33. The zero-order chi connectivity index (χ0) is 20.2. The van der Waals surface area contributed by atoms with Gasteiger partial charge in [0.1, 0.15) is 12.2 Å². The third-order valence-electron chi connectivity index (χ3n) is 3.68. The van der Waals surface area contributed by atoms with Crippen LogP contribution in [0.25, 0.3) is 0 Å². The first kappa shape index (κ1) is 20.1. The molecule has 1 aliphatic rings. The van der Waals surface area contributed by atoms with Gasteiger partial charge in [-0.15, -0.1) is 0 Å². The van der Waals surface area contributed by atoms with Crippen molar-refractivity contribution < 1.29 is 37.2 Å². The van der Waals surface area contributed by atoms with Crippen LogP contribution in [0.2, 0.25) is 0 Å². The Morgan fingerprint density at radius 1 is 1.33 bits per heavy atom. The second-order valence-electron chi connectivity index (χ2n) is 5.54. The fourth-order valence-corrected chi connectivity index (χ4v) is 2.36. The fraction of sp³-hybridized carbons (Fsp3) is 0.400. The number of imide groups is 1. The van der Waals surface area contributed by atoms with Crippen molar-refractivity contribution in [1.82, 2.24) is 4.90 Å². The molecule has 1 aliphatic heterocycles. The number of hydrogen-bond donors (Lipinski definition) is 1. The van der Waals surface area contributed by atoms with Crippen molar-refractivity contribution in [2.45, 2.75) is 19.0 Å². The number of benzene rings is 1. The van der Waals surface area contributed by atoms with Gasteiger partial charge in [0.15, 0.2) is 6.61 Å². The van der Waals surface area contributed by atoms with Gasteiger partial charge in [-0.05, 0) is 18.6 Å². The van der Waals surface area contributed by atoms with Gasteiger partial charge >= 0.3 is 12.1 Å². The van der Waals surface area contributed by atoms with Gasteiger partial charge in [-0.2, -0.15) is 13.2 Å². The maximum atomic E-state index is 12.6. The summed E-state index contributed by atoms with van der Waals surface area (Å²) in [7, 11) is 0. The molecular formula is C15H14F3N3O6. The Bertz CT molecular complexity index is 781. The molecule has 12 heteroatoms. The van der Waals surface area contributed by atoms with E-state index in [2.05, 4.69) is 10.1 Å². The van der Waals surface area contributed by atoms with Crippen LogP contribution in [0.3, 0.4) is 0 Å². The van der Waals surface area contributed by atoms with E-state index in [-0.39, 0.29) is 24.6 Å². The van der Waals surface area contributed by atoms with Crippen LogP contribution in [0.15, 0.2) is 18.2 Å². The number of nitro benzene ring substituents is 1. The van der Waals surface area contributed by atoms with Gasteiger partial charge in [0.2, 0.25) is 5.91 Å². The van der Waals surface area contributed by atoms with Gasteiger partial charge in [-0.1, -0.05) is 0 Å². The lowest BCUT2D eigenvalue weighted by Gasteiger charge is -2.14. The summed E-state index contributed by atoms with van der Waals surface area (Å²) in [5.41, 5.74) is -2.38. The van der Waals surface area contributed by atoms with E-state index in [9.17, 15) is 37.7 Å². The van der Waals surface area contributed by atoms with Crippen LogP contribution in [0, 0.1) is 10.1 Å². The maximum Gasteiger partial charge on any atom is 0.416 e. The topological polar surface area (TPSA) is 119 Å². The number of alkyl halides is 3. The number of nitro groups is 1. The first-order chi connectivity index (χ1) is 12.6. The molecule has 0 aromatic heterocycles. The second-order valence-corrected chi connectivity index (χ2v) is 5.54. The average molecular weight is 389 g/mol. The summed E-state index contributed by atoms with van der Waals surface area (Å²) in [5, 5.41) is 13.2. The Morgan fingerprint density at radius 3 is 2.59 bits per heavy atom. The van der Waals surface area contributed by atoms with Gasteiger partial charge in [-0.25, -0.2) is 0 Å². The third kappa shape index (κ3) is 5.15. The molecule has 1 aromatic carbocycles. The molecule has 1 fully saturated rings. The number of rotatable bonds is 6. The predicted octanol–water partition coefficient (Wildman–Crippen LogP) is 1.72. The smallest absolute Gasteiger partial charge is 0.416 e. The maximum absolute atomic E-state index is 12.6. The van der Waals surface area contributed by atoms with E-state index < -0.39 is 47.4 Å². The average Bonchev–Trinajstić information content (AvgIpc) is 3.02. The number of ether oxygens (including phenoxy) is 1. The molecule has 0 radical (unpaired) electrons. The number of amides is 2. The lowest BCUT2D eigenvalue weighted by molar-refractivity contribution is -0.384. The van der Waals surface area contributed by atoms with Gasteiger partial charge in [0.25, 0.3) is 11.6 Å². The first-order valence-electron chi connectivity index (χ1n) is 7.68. The molecule has 0 bridgehead atoms. The number of likely N-dealkylation sites (tertiary alicyclic amines) is 1. The minimum absolute atomic E-state index is 0.235. The van der Waals surface area contributed by atoms with Crippen LogP contribution in [0.4, 0.5) is 24.5 Å². The molecular weight excluding hydrogens is 375 g/mol. The van der Waals surface area contributed by atoms with Gasteiger partial charge in [0, 0.05) is 19.0 Å². The van der Waals surface area contributed by atoms with Crippen LogP contribution in [0.1, 0.15) is 18.4 Å². The highest BCUT2D eigenvalue weighted by atomic mass is 19.4. The summed E-state index contributed by atoms with van der Waals surface area (Å²) in [5.74, 6) is -2.02. The molecule has 0 saturated carbocycles. The van der Waals surface area contributed by atoms with E-state index in [1.165, 1.54) is 0 Å². The van der Waals surface area contributed by atoms with Crippen LogP contribution in [0.5, 0.6) is 0 Å². The van der Waals surface area contributed by atoms with Gasteiger partial charge in [0.05, 0.1) is 10.5 Å². The van der Waals surface area contributed by atoms with Crippen molar-refractivity contribution >= 4 is 29.2 Å². The molecule has 2 rings (SSSR count). The standard InChI is InChI=1S/C15H14F3N3O6/c16-15(17,18)9-3-4-10(11(6-9)21(25)26)19-7-14(24)27-8-13(23)20-5-1-2-12(20)22/h3-4,6,19H,1-2,5,7-8H2. The van der Waals surface area contributed by atoms with E-state index in [1.54, 1.807) is 0 Å². The van der Waals surface area contributed by atoms with E-state index in [4.69, 9.17) is 0 Å². The Morgan fingerprint density at radius 2 is 2.04 bits per heavy atom. The summed E-state index contributed by atoms with van der Waals surface area (Å²) >= 11 is 0. The van der Waals surface area contributed by atoms with Crippen molar-refractivity contribution in [1.29, 1.82) is 0 Å². The highest BCUT2D eigenvalue weighted by molar-refractivity contribution is 5.97. The molecule has 0 spiro atoms. The van der Waals surface area contributed by atoms with Crippen LogP contribution in [-0.2, 0) is 25.3 Å². The van der Waals surface area contributed by atoms with Crippen LogP contribution in [-0.4, -0.2) is 47.3 Å². The van der Waals surface area contributed by atoms with Crippen molar-refractivity contribution in [2.24, 2.45) is 0 Å². The van der Waals surface area contributed by atoms with Crippen molar-refractivity contribution in [3.8, 4) is 0 Å². The predicted molar refractivity (Wildman–Crippen MR) is 83.5 cm³/mol. The summed E-state index contributed by atoms with van der Waals surface area (Å²) in [4.78, 5) is 45.6. The van der Waals surface area contributed by atoms with Crippen molar-refractivity contribution in [3.05, 3.63) is 33.9 Å². The number of halogens is 3. The zero-order valence-corrected chi connectivity index (χ0v) is 13.7. The Kier molecular flexibility index (Phi) is 5.98. The number of nitrogens with one attached hydrogen (secondary N) is 1. The number of nitrogens with zero attached hydrogens (tertiary/aromatic N) is 2. The minimum atomic E-state index is -4.75. The molecule has 2 amide bonds. The fourth-order valence-electron chi connectivity index (χ4n) is 2.36. The molecule has 27 heavy (non-hydrogen) atoms. The van der Waals surface area contributed by atoms with Gasteiger partial charge in [-0.3, -0.25) is 29.4 Å². The summed E-state index contributed by atoms with van der Waals surface area (Å²) in [6.07, 6.45) is -3.99. The Balaban J connectivity index is 1.93. The quantitative estimate of drug-likeness (QED) is 0.447. The van der Waals surface area contributed by atoms with Crippen molar-refractivity contribution in [2.75, 3.05) is 25.0 Å². The minimum Gasteiger partial charge on any atom is -0.454 e. The molecule has 1 aromatic rings. The number of anilines is 1. The molecule has 1 saturated heterocycles. The second kappa shape index (κ2) is 8.01. The largest absolute Gasteiger partial charge is 0.454 e. The van der Waals surface area contributed by atoms with Gasteiger partial charge < -0.3 is 10.1 Å². The Hall–Kier alpha value is -3.18. The van der Waals surface area contributed by atoms with E-state index >= 15 is 0 Å². The molecule has 1 heterocycles. The van der Waals surface area contributed by atoms with Crippen molar-refractivity contribution in [3.63, 3.8) is 0 Å². The number of carbonyl (C=O) groups is 3. The number of esters is 1. The van der Waals surface area contributed by atoms with Crippen LogP contribution >= 0.6 is 0 Å². The zero-order valence-electron chi connectivity index (χ0n) is 13.7. The molecule has 9 nitrogen and oxygen atoms in total. The lowest BCUT2D eigenvalue weighted by atomic mass is 10.1. The number of carbonyl (C=O) groups excluding carboxylic acids is 3. The summed E-state index contributed by atoms with van der Waals surface area (Å²) in [6.45, 7) is -1.06. The van der Waals surface area contributed by atoms with Crippen LogP contribution < -0.4 is 5.32 Å². The molecule has 0 aliphatic carbocycles. The summed E-state index contributed by atoms with van der Waals surface area (Å²) in [6, 6.07) is 1.79. The SMILES string of the molecule is O=C(CNc1ccc(C(F)(F)F)cc1[N+](=O)[O-])OCC(=O)N1CCCC1=O. The van der Waals surface area contributed by atoms with E-state index in [0.717, 1.165) is 11.0 Å². The molecule has 146 valence electrons. The molecule has 0 atom stereocenters. The molecule has 0 unspecified atom stereocenters. The monoisotopic (exact) mass is 389 g/mol. The third-order valence-corrected chi connectivity index (χ3v) is 3.68. The first-order valence-corrected chi connectivity index (χ1v) is 7.68. The Labute approximate surface area is 150 Å². The highest BCUT2D eigenvalue weighted by Crippen LogP contribution is 2.34. The molecule has 1 N–H and O–H groups in total. The van der Waals surface area contributed by atoms with E-state index in [0.29, 0.717) is 18.6 Å². The number of hydrogen-bond acceptors (Lipinski definition) is 7. The normalized spacial score (nSPS) is 14.2. The lowest BCUT2D eigenvalue weighted by Crippen LogP contribution is -2.36. The van der Waals surface area contributed by atoms with E-state index in [1.807, 2.05) is 0 Å². The summed E-state index contributed by atoms with van der Waals surface area (Å²) < 4.78 is 42.6.